The Balaban J connectivity index is 1.44. The monoisotopic (exact) mass is 308 g/mol. The Morgan fingerprint density at radius 1 is 1.36 bits per heavy atom. The molecule has 7 nitrogen and oxygen atoms in total. The Hall–Kier alpha value is -1.63. The maximum absolute atomic E-state index is 12.3. The van der Waals surface area contributed by atoms with Crippen LogP contribution in [0.5, 0.6) is 0 Å². The van der Waals surface area contributed by atoms with E-state index < -0.39 is 0 Å². The number of piperidine rings is 1. The van der Waals surface area contributed by atoms with Crippen LogP contribution in [0.25, 0.3) is 0 Å². The SMILES string of the molecule is CC1CCC(CCC(=O)N2CCC(n3cn[nH]c3=O)CC2)O1. The van der Waals surface area contributed by atoms with Gasteiger partial charge in [-0.1, -0.05) is 0 Å². The van der Waals surface area contributed by atoms with Gasteiger partial charge in [-0.3, -0.25) is 9.36 Å². The normalized spacial score (nSPS) is 26.5. The lowest BCUT2D eigenvalue weighted by Crippen LogP contribution is -2.40. The molecule has 2 fully saturated rings. The van der Waals surface area contributed by atoms with Gasteiger partial charge in [-0.2, -0.15) is 5.10 Å². The number of hydrogen-bond donors (Lipinski definition) is 1. The second kappa shape index (κ2) is 6.64. The van der Waals surface area contributed by atoms with Crippen molar-refractivity contribution in [3.05, 3.63) is 16.8 Å². The molecule has 0 aliphatic carbocycles. The van der Waals surface area contributed by atoms with E-state index >= 15 is 0 Å². The number of rotatable bonds is 4. The fraction of sp³-hybridized carbons (Fsp3) is 0.800. The van der Waals surface area contributed by atoms with Crippen molar-refractivity contribution < 1.29 is 9.53 Å². The van der Waals surface area contributed by atoms with E-state index in [1.807, 2.05) is 4.90 Å². The summed E-state index contributed by atoms with van der Waals surface area (Å²) in [5.41, 5.74) is -0.169. The van der Waals surface area contributed by atoms with Crippen LogP contribution >= 0.6 is 0 Å². The Labute approximate surface area is 129 Å². The van der Waals surface area contributed by atoms with Crippen molar-refractivity contribution in [2.45, 2.75) is 63.7 Å². The lowest BCUT2D eigenvalue weighted by Gasteiger charge is -2.32. The highest BCUT2D eigenvalue weighted by atomic mass is 16.5. The molecule has 0 radical (unpaired) electrons. The molecule has 2 aliphatic rings. The molecule has 1 aromatic rings. The third-order valence-electron chi connectivity index (χ3n) is 4.79. The molecule has 0 aromatic carbocycles. The van der Waals surface area contributed by atoms with E-state index in [9.17, 15) is 9.59 Å². The summed E-state index contributed by atoms with van der Waals surface area (Å²) in [5, 5.41) is 6.18. The molecular formula is C15H24N4O3. The number of carbonyl (C=O) groups is 1. The number of nitrogens with zero attached hydrogens (tertiary/aromatic N) is 3. The van der Waals surface area contributed by atoms with Crippen molar-refractivity contribution in [3.63, 3.8) is 0 Å². The van der Waals surface area contributed by atoms with Crippen molar-refractivity contribution >= 4 is 5.91 Å². The second-order valence-electron chi connectivity index (χ2n) is 6.37. The maximum Gasteiger partial charge on any atom is 0.343 e. The van der Waals surface area contributed by atoms with Gasteiger partial charge in [-0.25, -0.2) is 9.89 Å². The minimum Gasteiger partial charge on any atom is -0.375 e. The third kappa shape index (κ3) is 3.40. The number of nitrogens with one attached hydrogen (secondary N) is 1. The largest absolute Gasteiger partial charge is 0.375 e. The molecule has 3 heterocycles. The third-order valence-corrected chi connectivity index (χ3v) is 4.79. The van der Waals surface area contributed by atoms with Gasteiger partial charge < -0.3 is 9.64 Å². The predicted molar refractivity (Wildman–Crippen MR) is 80.5 cm³/mol. The highest BCUT2D eigenvalue weighted by molar-refractivity contribution is 5.76. The van der Waals surface area contributed by atoms with E-state index in [2.05, 4.69) is 17.1 Å². The Morgan fingerprint density at radius 2 is 2.14 bits per heavy atom. The van der Waals surface area contributed by atoms with Crippen molar-refractivity contribution in [2.75, 3.05) is 13.1 Å². The number of carbonyl (C=O) groups excluding carboxylic acids is 1. The van der Waals surface area contributed by atoms with E-state index in [1.165, 1.54) is 0 Å². The quantitative estimate of drug-likeness (QED) is 0.902. The van der Waals surface area contributed by atoms with Gasteiger partial charge in [0, 0.05) is 25.6 Å². The van der Waals surface area contributed by atoms with Crippen molar-refractivity contribution in [2.24, 2.45) is 0 Å². The van der Waals surface area contributed by atoms with Gasteiger partial charge in [-0.05, 0) is 39.0 Å². The van der Waals surface area contributed by atoms with Crippen LogP contribution in [0.4, 0.5) is 0 Å². The lowest BCUT2D eigenvalue weighted by atomic mass is 10.0. The van der Waals surface area contributed by atoms with Gasteiger partial charge in [0.25, 0.3) is 0 Å². The number of aromatic amines is 1. The first kappa shape index (κ1) is 15.3. The summed E-state index contributed by atoms with van der Waals surface area (Å²) in [4.78, 5) is 25.8. The van der Waals surface area contributed by atoms with Crippen molar-refractivity contribution in [1.82, 2.24) is 19.7 Å². The standard InChI is InChI=1S/C15H24N4O3/c1-11-2-3-13(22-11)4-5-14(20)18-8-6-12(7-9-18)19-10-16-17-15(19)21/h10-13H,2-9H2,1H3,(H,17,21). The van der Waals surface area contributed by atoms with Crippen LogP contribution in [0.3, 0.4) is 0 Å². The first-order chi connectivity index (χ1) is 10.6. The molecule has 1 aromatic heterocycles. The van der Waals surface area contributed by atoms with Gasteiger partial charge in [0.2, 0.25) is 5.91 Å². The molecule has 22 heavy (non-hydrogen) atoms. The number of hydrogen-bond acceptors (Lipinski definition) is 4. The lowest BCUT2D eigenvalue weighted by molar-refractivity contribution is -0.133. The molecule has 2 aliphatic heterocycles. The Kier molecular flexibility index (Phi) is 4.61. The summed E-state index contributed by atoms with van der Waals surface area (Å²) in [7, 11) is 0. The summed E-state index contributed by atoms with van der Waals surface area (Å²) in [5.74, 6) is 0.209. The first-order valence-corrected chi connectivity index (χ1v) is 8.18. The average Bonchev–Trinajstić information content (AvgIpc) is 3.13. The van der Waals surface area contributed by atoms with Crippen LogP contribution in [0, 0.1) is 0 Å². The van der Waals surface area contributed by atoms with Crippen LogP contribution in [0.2, 0.25) is 0 Å². The Morgan fingerprint density at radius 3 is 2.73 bits per heavy atom. The van der Waals surface area contributed by atoms with E-state index in [0.717, 1.165) is 32.1 Å². The fourth-order valence-corrected chi connectivity index (χ4v) is 3.45. The Bertz CT molecular complexity index is 559. The van der Waals surface area contributed by atoms with Crippen LogP contribution in [0.15, 0.2) is 11.1 Å². The van der Waals surface area contributed by atoms with Gasteiger partial charge in [0.05, 0.1) is 12.2 Å². The molecule has 0 spiro atoms. The number of amides is 1. The van der Waals surface area contributed by atoms with Gasteiger partial charge in [-0.15, -0.1) is 0 Å². The molecule has 3 rings (SSSR count). The highest BCUT2D eigenvalue weighted by Crippen LogP contribution is 2.24. The van der Waals surface area contributed by atoms with Crippen molar-refractivity contribution in [3.8, 4) is 0 Å². The number of H-pyrrole nitrogens is 1. The zero-order valence-corrected chi connectivity index (χ0v) is 13.0. The van der Waals surface area contributed by atoms with Gasteiger partial charge in [0.1, 0.15) is 6.33 Å². The molecule has 2 atom stereocenters. The summed E-state index contributed by atoms with van der Waals surface area (Å²) < 4.78 is 7.39. The summed E-state index contributed by atoms with van der Waals surface area (Å²) in [6, 6.07) is 0.148. The molecule has 0 bridgehead atoms. The zero-order chi connectivity index (χ0) is 15.5. The molecule has 1 amide bonds. The molecule has 122 valence electrons. The smallest absolute Gasteiger partial charge is 0.343 e. The van der Waals surface area contributed by atoms with Crippen LogP contribution in [0.1, 0.15) is 51.5 Å². The van der Waals surface area contributed by atoms with Crippen LogP contribution in [-0.4, -0.2) is 50.9 Å². The molecular weight excluding hydrogens is 284 g/mol. The summed E-state index contributed by atoms with van der Waals surface area (Å²) in [6.07, 6.45) is 7.31. The maximum atomic E-state index is 12.3. The zero-order valence-electron chi connectivity index (χ0n) is 13.0. The fourth-order valence-electron chi connectivity index (χ4n) is 3.45. The average molecular weight is 308 g/mol. The molecule has 0 saturated carbocycles. The van der Waals surface area contributed by atoms with E-state index in [4.69, 9.17) is 4.74 Å². The summed E-state index contributed by atoms with van der Waals surface area (Å²) in [6.45, 7) is 3.51. The van der Waals surface area contributed by atoms with Crippen molar-refractivity contribution in [1.29, 1.82) is 0 Å². The van der Waals surface area contributed by atoms with E-state index in [0.29, 0.717) is 25.6 Å². The topological polar surface area (TPSA) is 80.2 Å². The molecule has 2 unspecified atom stereocenters. The number of ether oxygens (including phenoxy) is 1. The molecule has 2 saturated heterocycles. The second-order valence-corrected chi connectivity index (χ2v) is 6.37. The predicted octanol–water partition coefficient (Wildman–Crippen LogP) is 1.08. The summed E-state index contributed by atoms with van der Waals surface area (Å²) >= 11 is 0. The highest BCUT2D eigenvalue weighted by Gasteiger charge is 2.27. The number of aromatic nitrogens is 3. The minimum absolute atomic E-state index is 0.148. The van der Waals surface area contributed by atoms with Gasteiger partial charge >= 0.3 is 5.69 Å². The van der Waals surface area contributed by atoms with E-state index in [-0.39, 0.29) is 23.7 Å². The van der Waals surface area contributed by atoms with E-state index in [1.54, 1.807) is 10.9 Å². The van der Waals surface area contributed by atoms with Crippen LogP contribution < -0.4 is 5.69 Å². The molecule has 1 N–H and O–H groups in total. The number of likely N-dealkylation sites (tertiary alicyclic amines) is 1. The van der Waals surface area contributed by atoms with Gasteiger partial charge in [0.15, 0.2) is 0 Å². The minimum atomic E-state index is -0.169. The first-order valence-electron chi connectivity index (χ1n) is 8.18. The van der Waals surface area contributed by atoms with Crippen LogP contribution in [-0.2, 0) is 9.53 Å². The molecule has 7 heteroatoms.